The third-order valence-corrected chi connectivity index (χ3v) is 4.01. The Morgan fingerprint density at radius 2 is 2.06 bits per heavy atom. The average Bonchev–Trinajstić information content (AvgIpc) is 2.73. The summed E-state index contributed by atoms with van der Waals surface area (Å²) in [6, 6.07) is -0.310. The van der Waals surface area contributed by atoms with Gasteiger partial charge < -0.3 is 10.2 Å². The minimum atomic E-state index is -0.310. The van der Waals surface area contributed by atoms with Gasteiger partial charge in [0.05, 0.1) is 5.88 Å². The van der Waals surface area contributed by atoms with Crippen LogP contribution in [0.25, 0.3) is 0 Å². The third-order valence-electron chi connectivity index (χ3n) is 3.00. The molecular weight excluding hydrogens is 248 g/mol. The van der Waals surface area contributed by atoms with Gasteiger partial charge >= 0.3 is 0 Å². The van der Waals surface area contributed by atoms with Crippen LogP contribution in [-0.2, 0) is 9.59 Å². The second kappa shape index (κ2) is 5.95. The highest BCUT2D eigenvalue weighted by Crippen LogP contribution is 2.24. The number of carbonyl (C=O) groups excluding carboxylic acids is 2. The Balaban J connectivity index is 2.70. The zero-order valence-corrected chi connectivity index (χ0v) is 12.8. The van der Waals surface area contributed by atoms with Crippen LogP contribution >= 0.6 is 11.8 Å². The van der Waals surface area contributed by atoms with Crippen molar-refractivity contribution < 1.29 is 9.59 Å². The molecule has 18 heavy (non-hydrogen) atoms. The van der Waals surface area contributed by atoms with Gasteiger partial charge in [0.2, 0.25) is 11.8 Å². The third kappa shape index (κ3) is 3.90. The molecule has 1 heterocycles. The molecule has 0 aliphatic carbocycles. The Morgan fingerprint density at radius 1 is 1.44 bits per heavy atom. The summed E-state index contributed by atoms with van der Waals surface area (Å²) in [6.07, 6.45) is 0.813. The van der Waals surface area contributed by atoms with Crippen molar-refractivity contribution in [1.29, 1.82) is 0 Å². The molecule has 0 aromatic carbocycles. The first-order valence-electron chi connectivity index (χ1n) is 6.46. The van der Waals surface area contributed by atoms with E-state index in [0.29, 0.717) is 11.6 Å². The van der Waals surface area contributed by atoms with Crippen molar-refractivity contribution in [2.45, 2.75) is 52.6 Å². The Labute approximate surface area is 114 Å². The van der Waals surface area contributed by atoms with E-state index in [2.05, 4.69) is 5.32 Å². The van der Waals surface area contributed by atoms with Gasteiger partial charge in [-0.05, 0) is 27.2 Å². The number of hydrogen-bond donors (Lipinski definition) is 1. The van der Waals surface area contributed by atoms with Crippen LogP contribution in [0, 0.1) is 5.92 Å². The summed E-state index contributed by atoms with van der Waals surface area (Å²) in [5.41, 5.74) is -0.255. The van der Waals surface area contributed by atoms with Crippen LogP contribution in [0.2, 0.25) is 0 Å². The number of nitrogens with zero attached hydrogens (tertiary/aromatic N) is 1. The number of hydrogen-bond acceptors (Lipinski definition) is 3. The summed E-state index contributed by atoms with van der Waals surface area (Å²) < 4.78 is 0. The van der Waals surface area contributed by atoms with Gasteiger partial charge in [0, 0.05) is 17.2 Å². The average molecular weight is 272 g/mol. The Kier molecular flexibility index (Phi) is 5.08. The molecule has 5 heteroatoms. The Bertz CT molecular complexity index is 325. The van der Waals surface area contributed by atoms with E-state index in [0.717, 1.165) is 6.42 Å². The van der Waals surface area contributed by atoms with Crippen LogP contribution in [0.5, 0.6) is 0 Å². The van der Waals surface area contributed by atoms with Gasteiger partial charge in [0.1, 0.15) is 6.04 Å². The smallest absolute Gasteiger partial charge is 0.244 e. The number of amides is 2. The van der Waals surface area contributed by atoms with Crippen LogP contribution in [0.1, 0.15) is 41.0 Å². The standard InChI is InChI=1S/C13H24N2O2S/c1-6-9(2)12(17)15-8-18-7-10(15)11(16)14-13(3,4)5/h9-10H,6-8H2,1-5H3,(H,14,16). The summed E-state index contributed by atoms with van der Waals surface area (Å²) in [7, 11) is 0. The van der Waals surface area contributed by atoms with Crippen molar-refractivity contribution in [1.82, 2.24) is 10.2 Å². The van der Waals surface area contributed by atoms with Crippen molar-refractivity contribution in [2.24, 2.45) is 5.92 Å². The van der Waals surface area contributed by atoms with Crippen molar-refractivity contribution in [3.8, 4) is 0 Å². The lowest BCUT2D eigenvalue weighted by molar-refractivity contribution is -0.141. The van der Waals surface area contributed by atoms with Crippen LogP contribution < -0.4 is 5.32 Å². The molecule has 1 N–H and O–H groups in total. The lowest BCUT2D eigenvalue weighted by atomic mass is 10.1. The van der Waals surface area contributed by atoms with E-state index in [-0.39, 0.29) is 29.3 Å². The van der Waals surface area contributed by atoms with Crippen LogP contribution in [0.4, 0.5) is 0 Å². The number of thioether (sulfide) groups is 1. The van der Waals surface area contributed by atoms with Crippen LogP contribution in [0.15, 0.2) is 0 Å². The Morgan fingerprint density at radius 3 is 2.56 bits per heavy atom. The summed E-state index contributed by atoms with van der Waals surface area (Å²) in [6.45, 7) is 9.77. The second-order valence-electron chi connectivity index (χ2n) is 5.87. The van der Waals surface area contributed by atoms with Crippen LogP contribution in [0.3, 0.4) is 0 Å². The quantitative estimate of drug-likeness (QED) is 0.853. The maximum Gasteiger partial charge on any atom is 0.244 e. The zero-order valence-electron chi connectivity index (χ0n) is 11.9. The summed E-state index contributed by atoms with van der Waals surface area (Å²) in [5, 5.41) is 2.96. The highest BCUT2D eigenvalue weighted by molar-refractivity contribution is 7.99. The largest absolute Gasteiger partial charge is 0.350 e. The summed E-state index contributed by atoms with van der Waals surface area (Å²) >= 11 is 1.65. The number of nitrogens with one attached hydrogen (secondary N) is 1. The molecule has 0 spiro atoms. The molecule has 1 fully saturated rings. The van der Waals surface area contributed by atoms with E-state index in [1.807, 2.05) is 34.6 Å². The summed E-state index contributed by atoms with van der Waals surface area (Å²) in [5.74, 6) is 1.38. The molecule has 0 saturated carbocycles. The fourth-order valence-electron chi connectivity index (χ4n) is 1.79. The van der Waals surface area contributed by atoms with E-state index < -0.39 is 0 Å². The molecular formula is C13H24N2O2S. The topological polar surface area (TPSA) is 49.4 Å². The van der Waals surface area contributed by atoms with Gasteiger partial charge in [-0.1, -0.05) is 13.8 Å². The van der Waals surface area contributed by atoms with E-state index in [1.54, 1.807) is 16.7 Å². The molecule has 2 atom stereocenters. The minimum absolute atomic E-state index is 0.00589. The second-order valence-corrected chi connectivity index (χ2v) is 6.87. The van der Waals surface area contributed by atoms with Crippen molar-refractivity contribution in [2.75, 3.05) is 11.6 Å². The molecule has 2 unspecified atom stereocenters. The highest BCUT2D eigenvalue weighted by atomic mass is 32.2. The maximum absolute atomic E-state index is 12.2. The van der Waals surface area contributed by atoms with Gasteiger partial charge in [-0.15, -0.1) is 11.8 Å². The van der Waals surface area contributed by atoms with E-state index >= 15 is 0 Å². The van der Waals surface area contributed by atoms with Crippen molar-refractivity contribution in [3.63, 3.8) is 0 Å². The molecule has 0 aromatic rings. The first-order chi connectivity index (χ1) is 8.26. The van der Waals surface area contributed by atoms with Gasteiger partial charge in [-0.2, -0.15) is 0 Å². The molecule has 1 rings (SSSR count). The molecule has 0 bridgehead atoms. The van der Waals surface area contributed by atoms with Gasteiger partial charge in [0.25, 0.3) is 0 Å². The van der Waals surface area contributed by atoms with Gasteiger partial charge in [0.15, 0.2) is 0 Å². The molecule has 4 nitrogen and oxygen atoms in total. The van der Waals surface area contributed by atoms with Gasteiger partial charge in [-0.25, -0.2) is 0 Å². The van der Waals surface area contributed by atoms with E-state index in [1.165, 1.54) is 0 Å². The molecule has 1 aliphatic rings. The molecule has 0 radical (unpaired) electrons. The van der Waals surface area contributed by atoms with E-state index in [9.17, 15) is 9.59 Å². The normalized spacial score (nSPS) is 21.8. The molecule has 2 amide bonds. The highest BCUT2D eigenvalue weighted by Gasteiger charge is 2.36. The van der Waals surface area contributed by atoms with Crippen molar-refractivity contribution in [3.05, 3.63) is 0 Å². The van der Waals surface area contributed by atoms with E-state index in [4.69, 9.17) is 0 Å². The fraction of sp³-hybridized carbons (Fsp3) is 0.846. The number of carbonyl (C=O) groups is 2. The maximum atomic E-state index is 12.2. The first-order valence-corrected chi connectivity index (χ1v) is 7.62. The summed E-state index contributed by atoms with van der Waals surface area (Å²) in [4.78, 5) is 26.1. The Hall–Kier alpha value is -0.710. The lowest BCUT2D eigenvalue weighted by Crippen LogP contribution is -2.53. The molecule has 1 aliphatic heterocycles. The predicted molar refractivity (Wildman–Crippen MR) is 75.3 cm³/mol. The molecule has 0 aromatic heterocycles. The molecule has 1 saturated heterocycles. The first kappa shape index (κ1) is 15.3. The minimum Gasteiger partial charge on any atom is -0.350 e. The molecule has 104 valence electrons. The zero-order chi connectivity index (χ0) is 13.9. The monoisotopic (exact) mass is 272 g/mol. The van der Waals surface area contributed by atoms with Crippen molar-refractivity contribution >= 4 is 23.6 Å². The lowest BCUT2D eigenvalue weighted by Gasteiger charge is -2.29. The van der Waals surface area contributed by atoms with Crippen LogP contribution in [-0.4, -0.2) is 39.9 Å². The fourth-order valence-corrected chi connectivity index (χ4v) is 2.95. The van der Waals surface area contributed by atoms with Gasteiger partial charge in [-0.3, -0.25) is 9.59 Å². The predicted octanol–water partition coefficient (Wildman–Crippen LogP) is 1.85. The SMILES string of the molecule is CCC(C)C(=O)N1CSCC1C(=O)NC(C)(C)C. The number of rotatable bonds is 3.